The van der Waals surface area contributed by atoms with Gasteiger partial charge in [-0.15, -0.1) is 0 Å². The van der Waals surface area contributed by atoms with E-state index in [1.54, 1.807) is 24.7 Å². The molecule has 0 saturated heterocycles. The summed E-state index contributed by atoms with van der Waals surface area (Å²) in [7, 11) is 0. The van der Waals surface area contributed by atoms with Crippen LogP contribution in [0.4, 0.5) is 0 Å². The first kappa shape index (κ1) is 8.25. The molecule has 0 aliphatic carbocycles. The minimum Gasteiger partial charge on any atom is -0.261 e. The number of hydrogen-bond donors (Lipinski definition) is 0. The van der Waals surface area contributed by atoms with Crippen LogP contribution in [0.5, 0.6) is 0 Å². The highest BCUT2D eigenvalue weighted by molar-refractivity contribution is 9.10. The highest BCUT2D eigenvalue weighted by Crippen LogP contribution is 2.14. The molecule has 2 heterocycles. The van der Waals surface area contributed by atoms with Gasteiger partial charge in [0.05, 0.1) is 11.9 Å². The summed E-state index contributed by atoms with van der Waals surface area (Å²) in [4.78, 5) is 16.1. The second kappa shape index (κ2) is 3.57. The van der Waals surface area contributed by atoms with Crippen molar-refractivity contribution in [3.05, 3.63) is 35.6 Å². The Morgan fingerprint density at radius 3 is 2.62 bits per heavy atom. The average Bonchev–Trinajstić information content (AvgIpc) is 2.19. The van der Waals surface area contributed by atoms with E-state index in [9.17, 15) is 0 Å². The van der Waals surface area contributed by atoms with Crippen LogP contribution in [0, 0.1) is 0 Å². The van der Waals surface area contributed by atoms with E-state index >= 15 is 0 Å². The normalized spacial score (nSPS) is 9.92. The van der Waals surface area contributed by atoms with Crippen molar-refractivity contribution in [3.63, 3.8) is 0 Å². The summed E-state index contributed by atoms with van der Waals surface area (Å²) < 4.78 is 0.739. The first-order valence-electron chi connectivity index (χ1n) is 3.60. The smallest absolute Gasteiger partial charge is 0.117 e. The second-order valence-electron chi connectivity index (χ2n) is 2.32. The molecule has 2 aromatic rings. The van der Waals surface area contributed by atoms with Crippen LogP contribution < -0.4 is 0 Å². The summed E-state index contributed by atoms with van der Waals surface area (Å²) in [5.74, 6) is 0. The molecule has 0 aliphatic rings. The standard InChI is InChI=1S/C8H5BrN4/c9-8-3-6(12-5-13-8)7-4-10-1-2-11-7/h1-5H. The molecular formula is C8H5BrN4. The van der Waals surface area contributed by atoms with Crippen molar-refractivity contribution in [1.29, 1.82) is 0 Å². The minimum atomic E-state index is 0.739. The number of nitrogens with zero attached hydrogens (tertiary/aromatic N) is 4. The summed E-state index contributed by atoms with van der Waals surface area (Å²) in [5, 5.41) is 0. The molecule has 0 unspecified atom stereocenters. The van der Waals surface area contributed by atoms with Crippen LogP contribution in [-0.4, -0.2) is 19.9 Å². The van der Waals surface area contributed by atoms with Gasteiger partial charge in [0.2, 0.25) is 0 Å². The molecule has 0 atom stereocenters. The van der Waals surface area contributed by atoms with Gasteiger partial charge in [0, 0.05) is 12.4 Å². The van der Waals surface area contributed by atoms with Gasteiger partial charge in [-0.3, -0.25) is 9.97 Å². The highest BCUT2D eigenvalue weighted by atomic mass is 79.9. The van der Waals surface area contributed by atoms with Gasteiger partial charge in [0.25, 0.3) is 0 Å². The summed E-state index contributed by atoms with van der Waals surface area (Å²) >= 11 is 3.26. The Morgan fingerprint density at radius 1 is 1.00 bits per heavy atom. The predicted molar refractivity (Wildman–Crippen MR) is 50.8 cm³/mol. The molecule has 0 saturated carbocycles. The third-order valence-corrected chi connectivity index (χ3v) is 1.89. The Morgan fingerprint density at radius 2 is 1.92 bits per heavy atom. The number of hydrogen-bond acceptors (Lipinski definition) is 4. The zero-order valence-corrected chi connectivity index (χ0v) is 8.14. The van der Waals surface area contributed by atoms with E-state index in [4.69, 9.17) is 0 Å². The van der Waals surface area contributed by atoms with Crippen LogP contribution >= 0.6 is 15.9 Å². The molecule has 0 amide bonds. The quantitative estimate of drug-likeness (QED) is 0.708. The number of rotatable bonds is 1. The fourth-order valence-electron chi connectivity index (χ4n) is 0.905. The Kier molecular flexibility index (Phi) is 2.27. The zero-order chi connectivity index (χ0) is 9.10. The van der Waals surface area contributed by atoms with Gasteiger partial charge in [-0.1, -0.05) is 0 Å². The molecular weight excluding hydrogens is 232 g/mol. The van der Waals surface area contributed by atoms with E-state index in [0.717, 1.165) is 16.0 Å². The van der Waals surface area contributed by atoms with Gasteiger partial charge in [0.15, 0.2) is 0 Å². The molecule has 0 bridgehead atoms. The van der Waals surface area contributed by atoms with Crippen LogP contribution in [0.15, 0.2) is 35.6 Å². The Bertz CT molecular complexity index is 404. The monoisotopic (exact) mass is 236 g/mol. The maximum absolute atomic E-state index is 4.12. The third-order valence-electron chi connectivity index (χ3n) is 1.46. The van der Waals surface area contributed by atoms with Gasteiger partial charge in [-0.2, -0.15) is 0 Å². The molecule has 5 heteroatoms. The number of aromatic nitrogens is 4. The van der Waals surface area contributed by atoms with E-state index < -0.39 is 0 Å². The summed E-state index contributed by atoms with van der Waals surface area (Å²) in [6.07, 6.45) is 6.40. The third kappa shape index (κ3) is 1.86. The molecule has 0 aromatic carbocycles. The van der Waals surface area contributed by atoms with Crippen LogP contribution in [0.1, 0.15) is 0 Å². The molecule has 2 rings (SSSR count). The summed E-state index contributed by atoms with van der Waals surface area (Å²) in [6.45, 7) is 0. The van der Waals surface area contributed by atoms with E-state index in [-0.39, 0.29) is 0 Å². The SMILES string of the molecule is Brc1cc(-c2cnccn2)ncn1. The first-order chi connectivity index (χ1) is 6.36. The molecule has 4 nitrogen and oxygen atoms in total. The zero-order valence-electron chi connectivity index (χ0n) is 6.55. The molecule has 0 spiro atoms. The van der Waals surface area contributed by atoms with Crippen molar-refractivity contribution >= 4 is 15.9 Å². The maximum atomic E-state index is 4.12. The van der Waals surface area contributed by atoms with Crippen molar-refractivity contribution in [3.8, 4) is 11.4 Å². The van der Waals surface area contributed by atoms with E-state index in [2.05, 4.69) is 35.9 Å². The summed E-state index contributed by atoms with van der Waals surface area (Å²) in [5.41, 5.74) is 1.50. The molecule has 2 aromatic heterocycles. The Balaban J connectivity index is 2.48. The Labute approximate surface area is 83.2 Å². The lowest BCUT2D eigenvalue weighted by Crippen LogP contribution is -1.88. The van der Waals surface area contributed by atoms with E-state index in [1.165, 1.54) is 6.33 Å². The van der Waals surface area contributed by atoms with Gasteiger partial charge in [-0.05, 0) is 22.0 Å². The molecule has 0 fully saturated rings. The lowest BCUT2D eigenvalue weighted by molar-refractivity contribution is 1.11. The fraction of sp³-hybridized carbons (Fsp3) is 0. The largest absolute Gasteiger partial charge is 0.261 e. The summed E-state index contributed by atoms with van der Waals surface area (Å²) in [6, 6.07) is 1.80. The minimum absolute atomic E-state index is 0.739. The lowest BCUT2D eigenvalue weighted by Gasteiger charge is -1.97. The fourth-order valence-corrected chi connectivity index (χ4v) is 1.21. The van der Waals surface area contributed by atoms with Crippen LogP contribution in [0.2, 0.25) is 0 Å². The van der Waals surface area contributed by atoms with Gasteiger partial charge in [0.1, 0.15) is 16.6 Å². The average molecular weight is 237 g/mol. The molecule has 0 radical (unpaired) electrons. The Hall–Kier alpha value is -1.36. The van der Waals surface area contributed by atoms with Gasteiger partial charge >= 0.3 is 0 Å². The van der Waals surface area contributed by atoms with Crippen molar-refractivity contribution in [2.24, 2.45) is 0 Å². The highest BCUT2D eigenvalue weighted by Gasteiger charge is 2.00. The topological polar surface area (TPSA) is 51.6 Å². The van der Waals surface area contributed by atoms with Crippen LogP contribution in [0.3, 0.4) is 0 Å². The van der Waals surface area contributed by atoms with Gasteiger partial charge in [-0.25, -0.2) is 9.97 Å². The van der Waals surface area contributed by atoms with Crippen molar-refractivity contribution in [1.82, 2.24) is 19.9 Å². The first-order valence-corrected chi connectivity index (χ1v) is 4.39. The number of halogens is 1. The van der Waals surface area contributed by atoms with E-state index in [0.29, 0.717) is 0 Å². The van der Waals surface area contributed by atoms with E-state index in [1.807, 2.05) is 0 Å². The van der Waals surface area contributed by atoms with Crippen LogP contribution in [-0.2, 0) is 0 Å². The molecule has 13 heavy (non-hydrogen) atoms. The van der Waals surface area contributed by atoms with Gasteiger partial charge < -0.3 is 0 Å². The second-order valence-corrected chi connectivity index (χ2v) is 3.13. The van der Waals surface area contributed by atoms with Crippen LogP contribution in [0.25, 0.3) is 11.4 Å². The molecule has 0 aliphatic heterocycles. The van der Waals surface area contributed by atoms with Crippen molar-refractivity contribution < 1.29 is 0 Å². The lowest BCUT2D eigenvalue weighted by atomic mass is 10.3. The molecule has 64 valence electrons. The van der Waals surface area contributed by atoms with Crippen molar-refractivity contribution in [2.45, 2.75) is 0 Å². The predicted octanol–water partition coefficient (Wildman–Crippen LogP) is 1.70. The maximum Gasteiger partial charge on any atom is 0.117 e. The van der Waals surface area contributed by atoms with Crippen molar-refractivity contribution in [2.75, 3.05) is 0 Å². The molecule has 0 N–H and O–H groups in total.